The molecule has 2 aromatic rings. The van der Waals surface area contributed by atoms with Gasteiger partial charge in [-0.3, -0.25) is 0 Å². The first kappa shape index (κ1) is 17.3. The molecule has 0 aromatic heterocycles. The second-order valence-corrected chi connectivity index (χ2v) is 6.32. The molecule has 0 heterocycles. The van der Waals surface area contributed by atoms with E-state index in [9.17, 15) is 9.90 Å². The van der Waals surface area contributed by atoms with E-state index in [1.807, 2.05) is 48.5 Å². The molecule has 25 heavy (non-hydrogen) atoms. The number of aliphatic hydroxyl groups is 1. The first-order valence-corrected chi connectivity index (χ1v) is 8.45. The molecule has 0 aliphatic heterocycles. The van der Waals surface area contributed by atoms with Gasteiger partial charge in [-0.1, -0.05) is 36.4 Å². The van der Waals surface area contributed by atoms with Crippen molar-refractivity contribution in [2.24, 2.45) is 0 Å². The third kappa shape index (κ3) is 4.12. The minimum atomic E-state index is -1.10. The van der Waals surface area contributed by atoms with Gasteiger partial charge in [0, 0.05) is 0 Å². The third-order valence-electron chi connectivity index (χ3n) is 4.59. The Hall–Kier alpha value is -2.53. The number of benzene rings is 2. The van der Waals surface area contributed by atoms with Crippen LogP contribution in [0.4, 0.5) is 4.79 Å². The second-order valence-electron chi connectivity index (χ2n) is 6.32. The SMILES string of the molecule is COc1ccc2c(c1)C(O)(CNC(=O)OCc1ccccc1)CCC2. The van der Waals surface area contributed by atoms with Crippen LogP contribution in [0, 0.1) is 0 Å². The molecule has 1 atom stereocenters. The van der Waals surface area contributed by atoms with Crippen LogP contribution < -0.4 is 10.1 Å². The van der Waals surface area contributed by atoms with Crippen LogP contribution in [0.25, 0.3) is 0 Å². The summed E-state index contributed by atoms with van der Waals surface area (Å²) in [6, 6.07) is 15.2. The van der Waals surface area contributed by atoms with Crippen LogP contribution in [0.15, 0.2) is 48.5 Å². The van der Waals surface area contributed by atoms with Gasteiger partial charge >= 0.3 is 6.09 Å². The summed E-state index contributed by atoms with van der Waals surface area (Å²) in [5.74, 6) is 0.700. The Morgan fingerprint density at radius 3 is 2.80 bits per heavy atom. The van der Waals surface area contributed by atoms with Gasteiger partial charge in [-0.2, -0.15) is 0 Å². The fourth-order valence-corrected chi connectivity index (χ4v) is 3.22. The van der Waals surface area contributed by atoms with Gasteiger partial charge in [0.25, 0.3) is 0 Å². The Kier molecular flexibility index (Phi) is 5.24. The Morgan fingerprint density at radius 2 is 2.04 bits per heavy atom. The van der Waals surface area contributed by atoms with Crippen molar-refractivity contribution < 1.29 is 19.4 Å². The van der Waals surface area contributed by atoms with Gasteiger partial charge in [-0.15, -0.1) is 0 Å². The summed E-state index contributed by atoms with van der Waals surface area (Å²) in [6.07, 6.45) is 1.84. The van der Waals surface area contributed by atoms with Gasteiger partial charge < -0.3 is 19.9 Å². The van der Waals surface area contributed by atoms with E-state index >= 15 is 0 Å². The number of fused-ring (bicyclic) bond motifs is 1. The van der Waals surface area contributed by atoms with E-state index in [-0.39, 0.29) is 13.2 Å². The molecule has 0 saturated heterocycles. The zero-order valence-electron chi connectivity index (χ0n) is 14.3. The van der Waals surface area contributed by atoms with Crippen LogP contribution in [0.3, 0.4) is 0 Å². The number of hydrogen-bond donors (Lipinski definition) is 2. The Morgan fingerprint density at radius 1 is 1.24 bits per heavy atom. The molecule has 1 aliphatic rings. The first-order valence-electron chi connectivity index (χ1n) is 8.45. The van der Waals surface area contributed by atoms with Crippen LogP contribution in [-0.4, -0.2) is 24.9 Å². The highest BCUT2D eigenvalue weighted by Crippen LogP contribution is 2.36. The molecule has 1 amide bonds. The molecule has 0 saturated carbocycles. The lowest BCUT2D eigenvalue weighted by atomic mass is 9.79. The average Bonchev–Trinajstić information content (AvgIpc) is 2.66. The smallest absolute Gasteiger partial charge is 0.407 e. The number of amides is 1. The highest BCUT2D eigenvalue weighted by Gasteiger charge is 2.35. The predicted octanol–water partition coefficient (Wildman–Crippen LogP) is 3.15. The molecule has 5 nitrogen and oxygen atoms in total. The van der Waals surface area contributed by atoms with Crippen LogP contribution in [0.2, 0.25) is 0 Å². The molecular weight excluding hydrogens is 318 g/mol. The number of ether oxygens (including phenoxy) is 2. The van der Waals surface area contributed by atoms with E-state index in [2.05, 4.69) is 5.32 Å². The highest BCUT2D eigenvalue weighted by atomic mass is 16.5. The molecule has 0 spiro atoms. The van der Waals surface area contributed by atoms with Crippen molar-refractivity contribution in [1.82, 2.24) is 5.32 Å². The summed E-state index contributed by atoms with van der Waals surface area (Å²) >= 11 is 0. The van der Waals surface area contributed by atoms with E-state index < -0.39 is 11.7 Å². The molecular formula is C20H23NO4. The lowest BCUT2D eigenvalue weighted by Gasteiger charge is -2.34. The van der Waals surface area contributed by atoms with Gasteiger partial charge in [-0.25, -0.2) is 4.79 Å². The Bertz CT molecular complexity index is 732. The van der Waals surface area contributed by atoms with Gasteiger partial charge in [-0.05, 0) is 48.1 Å². The molecule has 3 rings (SSSR count). The van der Waals surface area contributed by atoms with E-state index in [4.69, 9.17) is 9.47 Å². The van der Waals surface area contributed by atoms with Crippen molar-refractivity contribution in [3.05, 3.63) is 65.2 Å². The van der Waals surface area contributed by atoms with Crippen molar-refractivity contribution in [1.29, 1.82) is 0 Å². The van der Waals surface area contributed by atoms with E-state index in [0.29, 0.717) is 12.2 Å². The summed E-state index contributed by atoms with van der Waals surface area (Å²) in [7, 11) is 1.60. The Balaban J connectivity index is 1.62. The fraction of sp³-hybridized carbons (Fsp3) is 0.350. The Labute approximate surface area is 147 Å². The minimum Gasteiger partial charge on any atom is -0.497 e. The lowest BCUT2D eigenvalue weighted by Crippen LogP contribution is -2.43. The van der Waals surface area contributed by atoms with Gasteiger partial charge in [0.15, 0.2) is 0 Å². The summed E-state index contributed by atoms with van der Waals surface area (Å²) in [4.78, 5) is 12.0. The predicted molar refractivity (Wildman–Crippen MR) is 94.5 cm³/mol. The number of nitrogens with one attached hydrogen (secondary N) is 1. The van der Waals surface area contributed by atoms with Crippen LogP contribution in [-0.2, 0) is 23.4 Å². The maximum Gasteiger partial charge on any atom is 0.407 e. The topological polar surface area (TPSA) is 67.8 Å². The molecule has 2 N–H and O–H groups in total. The molecule has 132 valence electrons. The van der Waals surface area contributed by atoms with Gasteiger partial charge in [0.05, 0.1) is 13.7 Å². The molecule has 0 bridgehead atoms. The molecule has 2 aromatic carbocycles. The normalized spacial score (nSPS) is 19.0. The number of carbonyl (C=O) groups is 1. The van der Waals surface area contributed by atoms with E-state index in [0.717, 1.165) is 29.5 Å². The number of methoxy groups -OCH3 is 1. The van der Waals surface area contributed by atoms with Crippen LogP contribution in [0.5, 0.6) is 5.75 Å². The first-order chi connectivity index (χ1) is 12.1. The van der Waals surface area contributed by atoms with Gasteiger partial charge in [0.2, 0.25) is 0 Å². The lowest BCUT2D eigenvalue weighted by molar-refractivity contribution is 0.0176. The maximum atomic E-state index is 12.0. The fourth-order valence-electron chi connectivity index (χ4n) is 3.22. The zero-order chi connectivity index (χ0) is 17.7. The van der Waals surface area contributed by atoms with Gasteiger partial charge in [0.1, 0.15) is 18.0 Å². The summed E-state index contributed by atoms with van der Waals surface area (Å²) in [5.41, 5.74) is 1.73. The van der Waals surface area contributed by atoms with Crippen LogP contribution >= 0.6 is 0 Å². The molecule has 0 radical (unpaired) electrons. The zero-order valence-corrected chi connectivity index (χ0v) is 14.3. The number of alkyl carbamates (subject to hydrolysis) is 1. The van der Waals surface area contributed by atoms with Crippen molar-refractivity contribution in [2.75, 3.05) is 13.7 Å². The summed E-state index contributed by atoms with van der Waals surface area (Å²) in [5, 5.41) is 13.7. The molecule has 1 aliphatic carbocycles. The van der Waals surface area contributed by atoms with E-state index in [1.165, 1.54) is 0 Å². The molecule has 0 fully saturated rings. The number of carbonyl (C=O) groups excluding carboxylic acids is 1. The highest BCUT2D eigenvalue weighted by molar-refractivity contribution is 5.67. The average molecular weight is 341 g/mol. The van der Waals surface area contributed by atoms with E-state index in [1.54, 1.807) is 7.11 Å². The van der Waals surface area contributed by atoms with Crippen molar-refractivity contribution >= 4 is 6.09 Å². The summed E-state index contributed by atoms with van der Waals surface area (Å²) in [6.45, 7) is 0.316. The standard InChI is InChI=1S/C20H23NO4/c1-24-17-10-9-16-8-5-11-20(23,18(16)12-17)14-21-19(22)25-13-15-6-3-2-4-7-15/h2-4,6-7,9-10,12,23H,5,8,11,13-14H2,1H3,(H,21,22). The second kappa shape index (κ2) is 7.57. The number of rotatable bonds is 5. The molecule has 5 heteroatoms. The molecule has 1 unspecified atom stereocenters. The number of hydrogen-bond acceptors (Lipinski definition) is 4. The van der Waals surface area contributed by atoms with Crippen molar-refractivity contribution in [3.8, 4) is 5.75 Å². The monoisotopic (exact) mass is 341 g/mol. The van der Waals surface area contributed by atoms with Crippen molar-refractivity contribution in [3.63, 3.8) is 0 Å². The number of aryl methyl sites for hydroxylation is 1. The minimum absolute atomic E-state index is 0.112. The van der Waals surface area contributed by atoms with Crippen molar-refractivity contribution in [2.45, 2.75) is 31.5 Å². The largest absolute Gasteiger partial charge is 0.497 e. The maximum absolute atomic E-state index is 12.0. The quantitative estimate of drug-likeness (QED) is 0.877. The van der Waals surface area contributed by atoms with Crippen LogP contribution in [0.1, 0.15) is 29.5 Å². The third-order valence-corrected chi connectivity index (χ3v) is 4.59. The summed E-state index contributed by atoms with van der Waals surface area (Å²) < 4.78 is 10.5.